The summed E-state index contributed by atoms with van der Waals surface area (Å²) in [6, 6.07) is 2.59. The molecular weight excluding hydrogens is 237 g/mol. The number of anilines is 1. The second-order valence-corrected chi connectivity index (χ2v) is 4.25. The molecule has 1 aliphatic heterocycles. The highest BCUT2D eigenvalue weighted by Gasteiger charge is 2.23. The molecule has 1 heterocycles. The number of hydrogen-bond donors (Lipinski definition) is 2. The van der Waals surface area contributed by atoms with Crippen molar-refractivity contribution in [3.05, 3.63) is 29.1 Å². The van der Waals surface area contributed by atoms with Crippen molar-refractivity contribution in [3.8, 4) is 0 Å². The Morgan fingerprint density at radius 1 is 1.50 bits per heavy atom. The van der Waals surface area contributed by atoms with E-state index < -0.39 is 5.82 Å². The lowest BCUT2D eigenvalue weighted by Crippen LogP contribution is -2.50. The van der Waals surface area contributed by atoms with Gasteiger partial charge >= 0.3 is 0 Å². The highest BCUT2D eigenvalue weighted by Crippen LogP contribution is 2.19. The largest absolute Gasteiger partial charge is 0.398 e. The van der Waals surface area contributed by atoms with E-state index in [1.54, 1.807) is 6.92 Å². The van der Waals surface area contributed by atoms with Gasteiger partial charge in [-0.05, 0) is 19.1 Å². The van der Waals surface area contributed by atoms with E-state index in [0.717, 1.165) is 6.07 Å². The quantitative estimate of drug-likeness (QED) is 0.704. The molecule has 2 amide bonds. The van der Waals surface area contributed by atoms with E-state index in [4.69, 9.17) is 5.73 Å². The first-order valence-corrected chi connectivity index (χ1v) is 5.60. The molecule has 0 aromatic heterocycles. The Labute approximate surface area is 104 Å². The van der Waals surface area contributed by atoms with E-state index in [9.17, 15) is 14.0 Å². The number of carbonyl (C=O) groups is 2. The van der Waals surface area contributed by atoms with Crippen molar-refractivity contribution in [2.24, 2.45) is 0 Å². The normalized spacial score (nSPS) is 15.4. The molecule has 1 fully saturated rings. The van der Waals surface area contributed by atoms with Gasteiger partial charge in [-0.1, -0.05) is 0 Å². The van der Waals surface area contributed by atoms with Crippen LogP contribution in [0.2, 0.25) is 0 Å². The Morgan fingerprint density at radius 2 is 2.22 bits per heavy atom. The van der Waals surface area contributed by atoms with E-state index in [-0.39, 0.29) is 29.6 Å². The maximum absolute atomic E-state index is 13.5. The molecule has 0 saturated carbocycles. The molecule has 0 spiro atoms. The van der Waals surface area contributed by atoms with Gasteiger partial charge < -0.3 is 16.0 Å². The number of nitrogen functional groups attached to an aromatic ring is 1. The third-order valence-corrected chi connectivity index (χ3v) is 2.96. The van der Waals surface area contributed by atoms with Crippen LogP contribution in [0.5, 0.6) is 0 Å². The van der Waals surface area contributed by atoms with Crippen molar-refractivity contribution in [1.29, 1.82) is 0 Å². The molecule has 1 aromatic rings. The summed E-state index contributed by atoms with van der Waals surface area (Å²) in [5.41, 5.74) is 6.36. The number of halogens is 1. The fourth-order valence-electron chi connectivity index (χ4n) is 1.82. The molecule has 6 heteroatoms. The first kappa shape index (κ1) is 12.3. The lowest BCUT2D eigenvalue weighted by Gasteiger charge is -2.26. The van der Waals surface area contributed by atoms with Gasteiger partial charge in [0, 0.05) is 29.9 Å². The highest BCUT2D eigenvalue weighted by atomic mass is 19.1. The van der Waals surface area contributed by atoms with Crippen molar-refractivity contribution in [1.82, 2.24) is 10.2 Å². The van der Waals surface area contributed by atoms with Gasteiger partial charge in [0.05, 0.1) is 6.54 Å². The smallest absolute Gasteiger partial charge is 0.254 e. The van der Waals surface area contributed by atoms with E-state index in [1.165, 1.54) is 11.0 Å². The molecule has 0 aliphatic carbocycles. The third kappa shape index (κ3) is 2.27. The first-order chi connectivity index (χ1) is 8.49. The fraction of sp³-hybridized carbons (Fsp3) is 0.333. The van der Waals surface area contributed by atoms with Gasteiger partial charge in [-0.15, -0.1) is 0 Å². The number of piperazine rings is 1. The maximum atomic E-state index is 13.5. The van der Waals surface area contributed by atoms with Gasteiger partial charge in [0.2, 0.25) is 5.91 Å². The van der Waals surface area contributed by atoms with Gasteiger partial charge in [0.1, 0.15) is 5.82 Å². The molecule has 1 aromatic carbocycles. The molecule has 1 aliphatic rings. The summed E-state index contributed by atoms with van der Waals surface area (Å²) in [5.74, 6) is -1.11. The van der Waals surface area contributed by atoms with Gasteiger partial charge in [-0.25, -0.2) is 4.39 Å². The minimum absolute atomic E-state index is 0.00572. The van der Waals surface area contributed by atoms with E-state index in [2.05, 4.69) is 5.32 Å². The zero-order valence-electron chi connectivity index (χ0n) is 10.00. The summed E-state index contributed by atoms with van der Waals surface area (Å²) in [7, 11) is 0. The van der Waals surface area contributed by atoms with Crippen LogP contribution in [-0.2, 0) is 4.79 Å². The van der Waals surface area contributed by atoms with Crippen LogP contribution in [0.3, 0.4) is 0 Å². The van der Waals surface area contributed by atoms with Crippen LogP contribution in [0.15, 0.2) is 12.1 Å². The van der Waals surface area contributed by atoms with Gasteiger partial charge in [-0.2, -0.15) is 0 Å². The first-order valence-electron chi connectivity index (χ1n) is 5.60. The van der Waals surface area contributed by atoms with Crippen molar-refractivity contribution < 1.29 is 14.0 Å². The lowest BCUT2D eigenvalue weighted by molar-refractivity contribution is -0.123. The molecule has 1 saturated heterocycles. The van der Waals surface area contributed by atoms with Gasteiger partial charge in [-0.3, -0.25) is 9.59 Å². The monoisotopic (exact) mass is 251 g/mol. The highest BCUT2D eigenvalue weighted by molar-refractivity contribution is 5.97. The number of amides is 2. The number of rotatable bonds is 1. The number of carbonyl (C=O) groups excluding carboxylic acids is 2. The second kappa shape index (κ2) is 4.64. The van der Waals surface area contributed by atoms with Crippen LogP contribution in [0, 0.1) is 12.7 Å². The van der Waals surface area contributed by atoms with Crippen molar-refractivity contribution >= 4 is 17.5 Å². The molecule has 0 radical (unpaired) electrons. The SMILES string of the molecule is Cc1c(N)cc(C(=O)N2CCNC(=O)C2)cc1F. The number of nitrogens with zero attached hydrogens (tertiary/aromatic N) is 1. The molecule has 18 heavy (non-hydrogen) atoms. The molecule has 2 rings (SSSR count). The topological polar surface area (TPSA) is 75.4 Å². The average molecular weight is 251 g/mol. The van der Waals surface area contributed by atoms with Crippen LogP contribution in [0.4, 0.5) is 10.1 Å². The van der Waals surface area contributed by atoms with E-state index in [0.29, 0.717) is 18.7 Å². The van der Waals surface area contributed by atoms with Crippen molar-refractivity contribution in [2.75, 3.05) is 25.4 Å². The summed E-state index contributed by atoms with van der Waals surface area (Å²) >= 11 is 0. The number of benzene rings is 1. The van der Waals surface area contributed by atoms with Crippen molar-refractivity contribution in [2.45, 2.75) is 6.92 Å². The molecule has 3 N–H and O–H groups in total. The van der Waals surface area contributed by atoms with Crippen LogP contribution in [-0.4, -0.2) is 36.3 Å². The van der Waals surface area contributed by atoms with Gasteiger partial charge in [0.15, 0.2) is 0 Å². The Morgan fingerprint density at radius 3 is 2.83 bits per heavy atom. The minimum Gasteiger partial charge on any atom is -0.398 e. The number of hydrogen-bond acceptors (Lipinski definition) is 3. The van der Waals surface area contributed by atoms with Crippen molar-refractivity contribution in [3.63, 3.8) is 0 Å². The summed E-state index contributed by atoms with van der Waals surface area (Å²) in [6.07, 6.45) is 0. The predicted molar refractivity (Wildman–Crippen MR) is 64.5 cm³/mol. The molecule has 0 unspecified atom stereocenters. The fourth-order valence-corrected chi connectivity index (χ4v) is 1.82. The van der Waals surface area contributed by atoms with Crippen LogP contribution < -0.4 is 11.1 Å². The molecule has 0 atom stereocenters. The zero-order chi connectivity index (χ0) is 13.3. The Balaban J connectivity index is 2.26. The summed E-state index contributed by atoms with van der Waals surface area (Å²) in [6.45, 7) is 2.37. The molecular formula is C12H14FN3O2. The standard InChI is InChI=1S/C12H14FN3O2/c1-7-9(13)4-8(5-10(7)14)12(18)16-3-2-15-11(17)6-16/h4-5H,2-3,6,14H2,1H3,(H,15,17). The van der Waals surface area contributed by atoms with E-state index >= 15 is 0 Å². The lowest BCUT2D eigenvalue weighted by atomic mass is 10.1. The predicted octanol–water partition coefficient (Wildman–Crippen LogP) is 0.288. The Hall–Kier alpha value is -2.11. The number of nitrogens with two attached hydrogens (primary N) is 1. The molecule has 96 valence electrons. The van der Waals surface area contributed by atoms with Crippen LogP contribution in [0.25, 0.3) is 0 Å². The molecule has 5 nitrogen and oxygen atoms in total. The van der Waals surface area contributed by atoms with Crippen LogP contribution >= 0.6 is 0 Å². The Bertz CT molecular complexity index is 493. The third-order valence-electron chi connectivity index (χ3n) is 2.96. The van der Waals surface area contributed by atoms with E-state index in [1.807, 2.05) is 0 Å². The Kier molecular flexibility index (Phi) is 3.18. The summed E-state index contributed by atoms with van der Waals surface area (Å²) < 4.78 is 13.5. The summed E-state index contributed by atoms with van der Waals surface area (Å²) in [4.78, 5) is 24.7. The minimum atomic E-state index is -0.514. The van der Waals surface area contributed by atoms with Gasteiger partial charge in [0.25, 0.3) is 5.91 Å². The zero-order valence-corrected chi connectivity index (χ0v) is 10.00. The number of nitrogens with one attached hydrogen (secondary N) is 1. The second-order valence-electron chi connectivity index (χ2n) is 4.25. The molecule has 0 bridgehead atoms. The average Bonchev–Trinajstić information content (AvgIpc) is 2.34. The maximum Gasteiger partial charge on any atom is 0.254 e. The van der Waals surface area contributed by atoms with Crippen LogP contribution in [0.1, 0.15) is 15.9 Å². The summed E-state index contributed by atoms with van der Waals surface area (Å²) in [5, 5.41) is 2.62.